The van der Waals surface area contributed by atoms with Crippen LogP contribution < -0.4 is 5.32 Å². The molecule has 1 N–H and O–H groups in total. The molecule has 4 bridgehead atoms. The molecular formula is C10H17N. The molecule has 0 spiro atoms. The molecule has 62 valence electrons. The summed E-state index contributed by atoms with van der Waals surface area (Å²) in [5, 5.41) is 3.75. The summed E-state index contributed by atoms with van der Waals surface area (Å²) >= 11 is 0. The van der Waals surface area contributed by atoms with Gasteiger partial charge in [0.05, 0.1) is 0 Å². The Balaban J connectivity index is 2.12. The van der Waals surface area contributed by atoms with Crippen molar-refractivity contribution >= 4 is 0 Å². The maximum absolute atomic E-state index is 3.75. The Morgan fingerprint density at radius 3 is 2.09 bits per heavy atom. The third-order valence-corrected chi connectivity index (χ3v) is 5.13. The zero-order chi connectivity index (χ0) is 7.85. The van der Waals surface area contributed by atoms with Gasteiger partial charge >= 0.3 is 0 Å². The van der Waals surface area contributed by atoms with Gasteiger partial charge in [-0.2, -0.15) is 0 Å². The lowest BCUT2D eigenvalue weighted by molar-refractivity contribution is 0.0472. The summed E-state index contributed by atoms with van der Waals surface area (Å²) < 4.78 is 0. The van der Waals surface area contributed by atoms with Crippen molar-refractivity contribution in [3.05, 3.63) is 0 Å². The van der Waals surface area contributed by atoms with Gasteiger partial charge in [-0.1, -0.05) is 13.8 Å². The predicted octanol–water partition coefficient (Wildman–Crippen LogP) is 1.78. The molecule has 0 aromatic heterocycles. The Morgan fingerprint density at radius 2 is 1.73 bits per heavy atom. The largest absolute Gasteiger partial charge is 0.307 e. The van der Waals surface area contributed by atoms with Crippen molar-refractivity contribution in [1.82, 2.24) is 5.32 Å². The second-order valence-corrected chi connectivity index (χ2v) is 5.38. The number of hydrogen-bond donors (Lipinski definition) is 1. The Kier molecular flexibility index (Phi) is 0.820. The highest BCUT2D eigenvalue weighted by atomic mass is 15.2. The SMILES string of the molecule is CC1(C)C2CCC3C2NC31C. The monoisotopic (exact) mass is 151 g/mol. The first kappa shape index (κ1) is 6.47. The highest BCUT2D eigenvalue weighted by Crippen LogP contribution is 2.67. The van der Waals surface area contributed by atoms with Crippen molar-refractivity contribution in [2.75, 3.05) is 0 Å². The molecule has 2 saturated heterocycles. The van der Waals surface area contributed by atoms with Crippen molar-refractivity contribution in [1.29, 1.82) is 0 Å². The summed E-state index contributed by atoms with van der Waals surface area (Å²) in [6.45, 7) is 7.32. The van der Waals surface area contributed by atoms with E-state index in [1.807, 2.05) is 0 Å². The van der Waals surface area contributed by atoms with E-state index in [2.05, 4.69) is 26.1 Å². The molecule has 11 heavy (non-hydrogen) atoms. The maximum atomic E-state index is 3.75. The minimum atomic E-state index is 0.501. The molecule has 1 heteroatoms. The zero-order valence-electron chi connectivity index (χ0n) is 7.65. The first-order valence-electron chi connectivity index (χ1n) is 4.85. The molecule has 2 aliphatic heterocycles. The van der Waals surface area contributed by atoms with E-state index in [0.717, 1.165) is 17.9 Å². The molecule has 1 nitrogen and oxygen atoms in total. The summed E-state index contributed by atoms with van der Waals surface area (Å²) in [4.78, 5) is 0. The van der Waals surface area contributed by atoms with Crippen LogP contribution in [0, 0.1) is 17.3 Å². The van der Waals surface area contributed by atoms with Crippen LogP contribution in [0.25, 0.3) is 0 Å². The third-order valence-electron chi connectivity index (χ3n) is 5.13. The van der Waals surface area contributed by atoms with Crippen LogP contribution in [0.4, 0.5) is 0 Å². The van der Waals surface area contributed by atoms with Crippen molar-refractivity contribution in [2.24, 2.45) is 17.3 Å². The van der Waals surface area contributed by atoms with Crippen molar-refractivity contribution in [3.63, 3.8) is 0 Å². The fourth-order valence-corrected chi connectivity index (χ4v) is 4.06. The smallest absolute Gasteiger partial charge is 0.0253 e. The molecule has 0 amide bonds. The van der Waals surface area contributed by atoms with Crippen LogP contribution >= 0.6 is 0 Å². The second kappa shape index (κ2) is 1.39. The molecule has 4 aliphatic rings. The molecule has 2 saturated carbocycles. The minimum absolute atomic E-state index is 0.501. The van der Waals surface area contributed by atoms with Gasteiger partial charge in [0.2, 0.25) is 0 Å². The summed E-state index contributed by atoms with van der Waals surface area (Å²) in [6, 6.07) is 0.898. The molecule has 4 atom stereocenters. The quantitative estimate of drug-likeness (QED) is 0.556. The van der Waals surface area contributed by atoms with Gasteiger partial charge in [-0.05, 0) is 37.0 Å². The van der Waals surface area contributed by atoms with Gasteiger partial charge in [0.1, 0.15) is 0 Å². The van der Waals surface area contributed by atoms with E-state index >= 15 is 0 Å². The second-order valence-electron chi connectivity index (χ2n) is 5.38. The van der Waals surface area contributed by atoms with E-state index in [9.17, 15) is 0 Å². The van der Waals surface area contributed by atoms with E-state index in [-0.39, 0.29) is 0 Å². The summed E-state index contributed by atoms with van der Waals surface area (Å²) in [6.07, 6.45) is 2.97. The van der Waals surface area contributed by atoms with Crippen LogP contribution in [0.1, 0.15) is 33.6 Å². The van der Waals surface area contributed by atoms with Crippen LogP contribution in [-0.2, 0) is 0 Å². The molecule has 0 aromatic carbocycles. The lowest BCUT2D eigenvalue weighted by Crippen LogP contribution is -2.65. The standard InChI is InChI=1S/C10H17N/c1-9(2)6-4-5-7-8(6)11-10(7,9)3/h6-8,11H,4-5H2,1-3H3. The summed E-state index contributed by atoms with van der Waals surface area (Å²) in [5.41, 5.74) is 1.07. The van der Waals surface area contributed by atoms with Gasteiger partial charge < -0.3 is 5.32 Å². The lowest BCUT2D eigenvalue weighted by atomic mass is 9.64. The van der Waals surface area contributed by atoms with Crippen LogP contribution in [0.3, 0.4) is 0 Å². The topological polar surface area (TPSA) is 12.0 Å². The fraction of sp³-hybridized carbons (Fsp3) is 1.00. The number of rotatable bonds is 0. The molecule has 2 aliphatic carbocycles. The molecule has 4 fully saturated rings. The van der Waals surface area contributed by atoms with Crippen molar-refractivity contribution in [2.45, 2.75) is 45.2 Å². The number of hydrogen-bond acceptors (Lipinski definition) is 1. The zero-order valence-corrected chi connectivity index (χ0v) is 7.65. The normalized spacial score (nSPS) is 63.0. The highest BCUT2D eigenvalue weighted by molar-refractivity contribution is 5.29. The molecule has 4 unspecified atom stereocenters. The average molecular weight is 151 g/mol. The Bertz CT molecular complexity index is 218. The maximum Gasteiger partial charge on any atom is 0.0253 e. The summed E-state index contributed by atoms with van der Waals surface area (Å²) in [7, 11) is 0. The molecule has 4 rings (SSSR count). The molecular weight excluding hydrogens is 134 g/mol. The van der Waals surface area contributed by atoms with Gasteiger partial charge in [-0.15, -0.1) is 0 Å². The van der Waals surface area contributed by atoms with Gasteiger partial charge in [-0.3, -0.25) is 0 Å². The summed E-state index contributed by atoms with van der Waals surface area (Å²) in [5.74, 6) is 2.00. The lowest BCUT2D eigenvalue weighted by Gasteiger charge is -2.51. The van der Waals surface area contributed by atoms with E-state index in [4.69, 9.17) is 0 Å². The van der Waals surface area contributed by atoms with Gasteiger partial charge in [0, 0.05) is 11.6 Å². The Morgan fingerprint density at radius 1 is 1.09 bits per heavy atom. The van der Waals surface area contributed by atoms with E-state index in [1.165, 1.54) is 12.8 Å². The first-order chi connectivity index (χ1) is 5.07. The number of nitrogens with one attached hydrogen (secondary N) is 1. The third kappa shape index (κ3) is 0.416. The first-order valence-corrected chi connectivity index (χ1v) is 4.85. The fourth-order valence-electron chi connectivity index (χ4n) is 4.06. The highest BCUT2D eigenvalue weighted by Gasteiger charge is 2.73. The molecule has 0 aromatic rings. The van der Waals surface area contributed by atoms with Gasteiger partial charge in [-0.25, -0.2) is 0 Å². The van der Waals surface area contributed by atoms with Crippen LogP contribution in [0.15, 0.2) is 0 Å². The minimum Gasteiger partial charge on any atom is -0.307 e. The molecule has 2 heterocycles. The van der Waals surface area contributed by atoms with E-state index < -0.39 is 0 Å². The van der Waals surface area contributed by atoms with Crippen LogP contribution in [0.2, 0.25) is 0 Å². The predicted molar refractivity (Wildman–Crippen MR) is 45.3 cm³/mol. The average Bonchev–Trinajstić information content (AvgIpc) is 2.36. The van der Waals surface area contributed by atoms with E-state index in [1.54, 1.807) is 0 Å². The van der Waals surface area contributed by atoms with Crippen LogP contribution in [-0.4, -0.2) is 11.6 Å². The Hall–Kier alpha value is -0.0400. The van der Waals surface area contributed by atoms with Crippen molar-refractivity contribution < 1.29 is 0 Å². The van der Waals surface area contributed by atoms with Gasteiger partial charge in [0.15, 0.2) is 0 Å². The van der Waals surface area contributed by atoms with Gasteiger partial charge in [0.25, 0.3) is 0 Å². The van der Waals surface area contributed by atoms with E-state index in [0.29, 0.717) is 11.0 Å². The Labute approximate surface area is 68.6 Å². The molecule has 0 radical (unpaired) electrons. The van der Waals surface area contributed by atoms with Crippen molar-refractivity contribution in [3.8, 4) is 0 Å². The van der Waals surface area contributed by atoms with Crippen LogP contribution in [0.5, 0.6) is 0 Å².